The predicted molar refractivity (Wildman–Crippen MR) is 70.6 cm³/mol. The van der Waals surface area contributed by atoms with E-state index in [1.54, 1.807) is 24.3 Å². The zero-order valence-corrected chi connectivity index (χ0v) is 10.8. The molecule has 0 N–H and O–H groups in total. The highest BCUT2D eigenvalue weighted by Gasteiger charge is 2.46. The van der Waals surface area contributed by atoms with Crippen molar-refractivity contribution in [3.05, 3.63) is 40.1 Å². The van der Waals surface area contributed by atoms with Crippen molar-refractivity contribution in [3.63, 3.8) is 0 Å². The molecule has 0 saturated carbocycles. The van der Waals surface area contributed by atoms with Crippen molar-refractivity contribution in [2.24, 2.45) is 0 Å². The Balaban J connectivity index is 2.36. The third-order valence-corrected chi connectivity index (χ3v) is 4.03. The first-order valence-corrected chi connectivity index (χ1v) is 6.24. The summed E-state index contributed by atoms with van der Waals surface area (Å²) in [5.41, 5.74) is 0.256. The van der Waals surface area contributed by atoms with Gasteiger partial charge in [-0.2, -0.15) is 0 Å². The minimum atomic E-state index is -0.623. The van der Waals surface area contributed by atoms with Gasteiger partial charge in [0.1, 0.15) is 18.0 Å². The molecule has 98 valence electrons. The Morgan fingerprint density at radius 3 is 2.84 bits per heavy atom. The van der Waals surface area contributed by atoms with E-state index in [0.717, 1.165) is 6.29 Å². The highest BCUT2D eigenvalue weighted by atomic mass is 16.6. The lowest BCUT2D eigenvalue weighted by atomic mass is 9.77. The molecule has 2 heterocycles. The molecule has 0 spiro atoms. The molecule has 1 aliphatic rings. The zero-order chi connectivity index (χ0) is 13.6. The van der Waals surface area contributed by atoms with Gasteiger partial charge in [-0.25, -0.2) is 0 Å². The van der Waals surface area contributed by atoms with E-state index in [1.807, 2.05) is 13.8 Å². The molecule has 0 aliphatic carbocycles. The van der Waals surface area contributed by atoms with Crippen LogP contribution in [0.3, 0.4) is 0 Å². The van der Waals surface area contributed by atoms with Crippen LogP contribution in [0.2, 0.25) is 0 Å². The van der Waals surface area contributed by atoms with Crippen molar-refractivity contribution in [2.75, 3.05) is 0 Å². The summed E-state index contributed by atoms with van der Waals surface area (Å²) in [5.74, 6) is 0.251. The van der Waals surface area contributed by atoms with E-state index in [9.17, 15) is 9.59 Å². The minimum Gasteiger partial charge on any atom is -0.461 e. The Labute approximate surface area is 110 Å². The van der Waals surface area contributed by atoms with Crippen LogP contribution in [0.15, 0.2) is 33.5 Å². The van der Waals surface area contributed by atoms with E-state index < -0.39 is 5.41 Å². The molecule has 1 aromatic heterocycles. The first kappa shape index (κ1) is 12.0. The molecule has 2 atom stereocenters. The monoisotopic (exact) mass is 258 g/mol. The van der Waals surface area contributed by atoms with E-state index in [-0.39, 0.29) is 23.9 Å². The van der Waals surface area contributed by atoms with Gasteiger partial charge >= 0.3 is 0 Å². The van der Waals surface area contributed by atoms with Crippen LogP contribution in [-0.4, -0.2) is 12.4 Å². The number of benzene rings is 1. The fourth-order valence-electron chi connectivity index (χ4n) is 2.63. The van der Waals surface area contributed by atoms with Crippen LogP contribution in [0.1, 0.15) is 25.8 Å². The SMILES string of the molecule is C[C@H]1Oc2oc3ccccc3c(=O)c2[C@@]1(C)CC=O. The number of aldehydes is 1. The second-order valence-corrected chi connectivity index (χ2v) is 5.14. The Kier molecular flexibility index (Phi) is 2.49. The van der Waals surface area contributed by atoms with E-state index in [0.29, 0.717) is 16.5 Å². The fourth-order valence-corrected chi connectivity index (χ4v) is 2.63. The van der Waals surface area contributed by atoms with Gasteiger partial charge in [-0.15, -0.1) is 0 Å². The molecule has 3 rings (SSSR count). The molecule has 4 heteroatoms. The molecule has 0 radical (unpaired) electrons. The minimum absolute atomic E-state index is 0.106. The van der Waals surface area contributed by atoms with Crippen molar-refractivity contribution in [2.45, 2.75) is 31.8 Å². The summed E-state index contributed by atoms with van der Waals surface area (Å²) in [6.07, 6.45) is 0.800. The average molecular weight is 258 g/mol. The van der Waals surface area contributed by atoms with Gasteiger partial charge in [0, 0.05) is 11.8 Å². The van der Waals surface area contributed by atoms with Gasteiger partial charge in [0.25, 0.3) is 5.95 Å². The molecular formula is C15H14O4. The van der Waals surface area contributed by atoms with Crippen molar-refractivity contribution in [1.82, 2.24) is 0 Å². The van der Waals surface area contributed by atoms with Gasteiger partial charge < -0.3 is 13.9 Å². The van der Waals surface area contributed by atoms with Crippen LogP contribution in [0.5, 0.6) is 5.95 Å². The summed E-state index contributed by atoms with van der Waals surface area (Å²) in [7, 11) is 0. The number of para-hydroxylation sites is 1. The summed E-state index contributed by atoms with van der Waals surface area (Å²) in [6.45, 7) is 3.72. The standard InChI is InChI=1S/C15H14O4/c1-9-15(2,7-8-16)12-13(17)10-5-3-4-6-11(10)19-14(12)18-9/h3-6,8-9H,7H2,1-2H3/t9-,15+/m1/s1. The van der Waals surface area contributed by atoms with E-state index in [1.165, 1.54) is 0 Å². The molecule has 2 aromatic rings. The Hall–Kier alpha value is -2.10. The molecule has 0 saturated heterocycles. The normalized spacial score (nSPS) is 25.1. The van der Waals surface area contributed by atoms with Crippen molar-refractivity contribution >= 4 is 17.3 Å². The molecule has 19 heavy (non-hydrogen) atoms. The fraction of sp³-hybridized carbons (Fsp3) is 0.333. The van der Waals surface area contributed by atoms with Gasteiger partial charge in [-0.3, -0.25) is 4.79 Å². The van der Waals surface area contributed by atoms with Crippen LogP contribution in [-0.2, 0) is 10.2 Å². The lowest BCUT2D eigenvalue weighted by molar-refractivity contribution is -0.109. The molecule has 1 aromatic carbocycles. The number of hydrogen-bond donors (Lipinski definition) is 0. The molecule has 0 bridgehead atoms. The zero-order valence-electron chi connectivity index (χ0n) is 10.8. The maximum atomic E-state index is 12.6. The van der Waals surface area contributed by atoms with Gasteiger partial charge in [0.2, 0.25) is 5.43 Å². The van der Waals surface area contributed by atoms with Gasteiger partial charge in [-0.1, -0.05) is 19.1 Å². The highest BCUT2D eigenvalue weighted by molar-refractivity contribution is 5.78. The largest absolute Gasteiger partial charge is 0.461 e. The Morgan fingerprint density at radius 2 is 2.11 bits per heavy atom. The van der Waals surface area contributed by atoms with Crippen LogP contribution in [0.4, 0.5) is 0 Å². The average Bonchev–Trinajstić information content (AvgIpc) is 2.62. The van der Waals surface area contributed by atoms with Crippen LogP contribution in [0, 0.1) is 0 Å². The van der Waals surface area contributed by atoms with E-state index in [4.69, 9.17) is 9.15 Å². The molecule has 0 fully saturated rings. The number of fused-ring (bicyclic) bond motifs is 2. The summed E-state index contributed by atoms with van der Waals surface area (Å²) in [5, 5.41) is 0.524. The summed E-state index contributed by atoms with van der Waals surface area (Å²) in [6, 6.07) is 7.06. The molecular weight excluding hydrogens is 244 g/mol. The topological polar surface area (TPSA) is 56.5 Å². The second kappa shape index (κ2) is 3.95. The quantitative estimate of drug-likeness (QED) is 0.776. The number of ether oxygens (including phenoxy) is 1. The van der Waals surface area contributed by atoms with Crippen LogP contribution < -0.4 is 10.2 Å². The smallest absolute Gasteiger partial charge is 0.293 e. The van der Waals surface area contributed by atoms with E-state index >= 15 is 0 Å². The maximum Gasteiger partial charge on any atom is 0.293 e. The molecule has 1 aliphatic heterocycles. The Bertz CT molecular complexity index is 716. The number of carbonyl (C=O) groups excluding carboxylic acids is 1. The summed E-state index contributed by atoms with van der Waals surface area (Å²) < 4.78 is 11.3. The third-order valence-electron chi connectivity index (χ3n) is 4.03. The highest BCUT2D eigenvalue weighted by Crippen LogP contribution is 2.43. The van der Waals surface area contributed by atoms with Gasteiger partial charge in [0.05, 0.1) is 10.9 Å². The maximum absolute atomic E-state index is 12.6. The number of rotatable bonds is 2. The molecule has 4 nitrogen and oxygen atoms in total. The van der Waals surface area contributed by atoms with Crippen molar-refractivity contribution < 1.29 is 13.9 Å². The van der Waals surface area contributed by atoms with E-state index in [2.05, 4.69) is 0 Å². The van der Waals surface area contributed by atoms with Crippen molar-refractivity contribution in [1.29, 1.82) is 0 Å². The van der Waals surface area contributed by atoms with Crippen LogP contribution in [0.25, 0.3) is 11.0 Å². The summed E-state index contributed by atoms with van der Waals surface area (Å²) in [4.78, 5) is 23.5. The lowest BCUT2D eigenvalue weighted by Crippen LogP contribution is -2.36. The van der Waals surface area contributed by atoms with Gasteiger partial charge in [-0.05, 0) is 19.1 Å². The predicted octanol–water partition coefficient (Wildman–Crippen LogP) is 2.42. The Morgan fingerprint density at radius 1 is 1.37 bits per heavy atom. The summed E-state index contributed by atoms with van der Waals surface area (Å²) >= 11 is 0. The first-order chi connectivity index (χ1) is 9.08. The first-order valence-electron chi connectivity index (χ1n) is 6.24. The third kappa shape index (κ3) is 1.52. The lowest BCUT2D eigenvalue weighted by Gasteiger charge is -2.24. The van der Waals surface area contributed by atoms with Gasteiger partial charge in [0.15, 0.2) is 0 Å². The van der Waals surface area contributed by atoms with Crippen LogP contribution >= 0.6 is 0 Å². The molecule has 0 amide bonds. The second-order valence-electron chi connectivity index (χ2n) is 5.14. The number of carbonyl (C=O) groups is 1. The molecule has 0 unspecified atom stereocenters. The number of hydrogen-bond acceptors (Lipinski definition) is 4. The van der Waals surface area contributed by atoms with Crippen molar-refractivity contribution in [3.8, 4) is 5.95 Å².